The summed E-state index contributed by atoms with van der Waals surface area (Å²) < 4.78 is 46.8. The maximum Gasteiger partial charge on any atom is 0.420 e. The number of ether oxygens (including phenoxy) is 1. The van der Waals surface area contributed by atoms with Crippen LogP contribution in [0.25, 0.3) is 11.3 Å². The first kappa shape index (κ1) is 27.6. The summed E-state index contributed by atoms with van der Waals surface area (Å²) in [6.07, 6.45) is 1.45. The first-order valence-corrected chi connectivity index (χ1v) is 12.7. The lowest BCUT2D eigenvalue weighted by molar-refractivity contribution is -0.138. The van der Waals surface area contributed by atoms with E-state index in [0.717, 1.165) is 49.5 Å². The molecule has 0 saturated carbocycles. The van der Waals surface area contributed by atoms with Crippen LogP contribution in [0.2, 0.25) is 4.34 Å². The van der Waals surface area contributed by atoms with Crippen molar-refractivity contribution in [2.75, 3.05) is 11.9 Å². The average Bonchev–Trinajstić information content (AvgIpc) is 3.18. The van der Waals surface area contributed by atoms with Crippen LogP contribution >= 0.6 is 22.9 Å². The van der Waals surface area contributed by atoms with Crippen molar-refractivity contribution in [3.63, 3.8) is 0 Å². The van der Waals surface area contributed by atoms with Crippen LogP contribution in [-0.2, 0) is 6.18 Å². The second-order valence-electron chi connectivity index (χ2n) is 8.19. The van der Waals surface area contributed by atoms with Gasteiger partial charge in [0.15, 0.2) is 5.13 Å². The second-order valence-corrected chi connectivity index (χ2v) is 9.79. The minimum Gasteiger partial charge on any atom is -0.507 e. The standard InChI is InChI=1S/C25H27ClF3N3O3S/c1-2-3-4-5-6-7-12-35-20-11-9-16(14-18(20)25(27,28)29)31-24-32-21(22(26)36-24)15-8-10-19(33)17(13-15)23(30)34/h8-11,13-14,33H,2-7,12H2,1H3,(H2,30,34)(H,31,32). The average molecular weight is 542 g/mol. The summed E-state index contributed by atoms with van der Waals surface area (Å²) in [5, 5.41) is 12.9. The number of primary amides is 1. The van der Waals surface area contributed by atoms with E-state index < -0.39 is 17.6 Å². The Balaban J connectivity index is 1.74. The predicted octanol–water partition coefficient (Wildman–Crippen LogP) is 7.77. The number of thiazole rings is 1. The van der Waals surface area contributed by atoms with Gasteiger partial charge in [0, 0.05) is 11.3 Å². The molecule has 0 bridgehead atoms. The maximum absolute atomic E-state index is 13.7. The van der Waals surface area contributed by atoms with Crippen LogP contribution in [0.3, 0.4) is 0 Å². The lowest BCUT2D eigenvalue weighted by Crippen LogP contribution is -2.11. The molecule has 194 valence electrons. The van der Waals surface area contributed by atoms with Gasteiger partial charge in [-0.25, -0.2) is 4.98 Å². The number of amides is 1. The molecule has 1 amide bonds. The molecule has 2 aromatic carbocycles. The normalized spacial score (nSPS) is 11.5. The summed E-state index contributed by atoms with van der Waals surface area (Å²) >= 11 is 7.31. The zero-order chi connectivity index (χ0) is 26.3. The monoisotopic (exact) mass is 541 g/mol. The summed E-state index contributed by atoms with van der Waals surface area (Å²) in [7, 11) is 0. The van der Waals surface area contributed by atoms with Crippen molar-refractivity contribution in [2.45, 2.75) is 51.6 Å². The van der Waals surface area contributed by atoms with Crippen LogP contribution in [0.5, 0.6) is 11.5 Å². The first-order chi connectivity index (χ1) is 17.1. The van der Waals surface area contributed by atoms with Crippen molar-refractivity contribution in [3.8, 4) is 22.8 Å². The molecular formula is C25H27ClF3N3O3S. The highest BCUT2D eigenvalue weighted by Crippen LogP contribution is 2.41. The van der Waals surface area contributed by atoms with Crippen molar-refractivity contribution in [1.82, 2.24) is 4.98 Å². The largest absolute Gasteiger partial charge is 0.507 e. The molecule has 1 heterocycles. The smallest absolute Gasteiger partial charge is 0.420 e. The van der Waals surface area contributed by atoms with Gasteiger partial charge in [0.1, 0.15) is 21.5 Å². The Kier molecular flexibility index (Phi) is 9.44. The number of carbonyl (C=O) groups excluding carboxylic acids is 1. The van der Waals surface area contributed by atoms with Gasteiger partial charge >= 0.3 is 6.18 Å². The number of unbranched alkanes of at least 4 members (excludes halogenated alkanes) is 5. The number of hydrogen-bond acceptors (Lipinski definition) is 6. The van der Waals surface area contributed by atoms with Gasteiger partial charge < -0.3 is 20.9 Å². The quantitative estimate of drug-likeness (QED) is 0.203. The Labute approximate surface area is 216 Å². The van der Waals surface area contributed by atoms with E-state index in [4.69, 9.17) is 22.1 Å². The molecule has 6 nitrogen and oxygen atoms in total. The molecule has 0 aliphatic carbocycles. The van der Waals surface area contributed by atoms with E-state index in [1.54, 1.807) is 0 Å². The van der Waals surface area contributed by atoms with Crippen molar-refractivity contribution >= 4 is 39.7 Å². The Morgan fingerprint density at radius 3 is 2.56 bits per heavy atom. The number of benzene rings is 2. The summed E-state index contributed by atoms with van der Waals surface area (Å²) in [5.41, 5.74) is 5.16. The molecule has 4 N–H and O–H groups in total. The molecule has 0 radical (unpaired) electrons. The van der Waals surface area contributed by atoms with Gasteiger partial charge in [-0.1, -0.05) is 62.0 Å². The Morgan fingerprint density at radius 1 is 1.14 bits per heavy atom. The zero-order valence-electron chi connectivity index (χ0n) is 19.6. The number of halogens is 4. The van der Waals surface area contributed by atoms with Gasteiger partial charge in [0.05, 0.1) is 17.7 Å². The van der Waals surface area contributed by atoms with Gasteiger partial charge in [-0.05, 0) is 42.8 Å². The lowest BCUT2D eigenvalue weighted by Gasteiger charge is -2.15. The summed E-state index contributed by atoms with van der Waals surface area (Å²) in [4.78, 5) is 15.9. The number of nitrogens with zero attached hydrogens (tertiary/aromatic N) is 1. The molecule has 0 atom stereocenters. The number of rotatable bonds is 12. The van der Waals surface area contributed by atoms with E-state index in [1.807, 2.05) is 0 Å². The highest BCUT2D eigenvalue weighted by molar-refractivity contribution is 7.20. The second kappa shape index (κ2) is 12.3. The number of nitrogens with one attached hydrogen (secondary N) is 1. The van der Waals surface area contributed by atoms with Crippen LogP contribution in [0.4, 0.5) is 24.0 Å². The van der Waals surface area contributed by atoms with E-state index >= 15 is 0 Å². The minimum absolute atomic E-state index is 0.0996. The molecule has 0 unspecified atom stereocenters. The Bertz CT molecular complexity index is 1200. The third-order valence-electron chi connectivity index (χ3n) is 5.41. The fraction of sp³-hybridized carbons (Fsp3) is 0.360. The molecular weight excluding hydrogens is 515 g/mol. The van der Waals surface area contributed by atoms with Gasteiger partial charge in [0.2, 0.25) is 0 Å². The third kappa shape index (κ3) is 7.27. The van der Waals surface area contributed by atoms with Gasteiger partial charge in [0.25, 0.3) is 5.91 Å². The molecule has 0 spiro atoms. The summed E-state index contributed by atoms with van der Waals surface area (Å²) in [6.45, 7) is 2.34. The molecule has 0 aliphatic heterocycles. The van der Waals surface area contributed by atoms with Crippen molar-refractivity contribution < 1.29 is 27.8 Å². The van der Waals surface area contributed by atoms with Crippen LogP contribution in [-0.4, -0.2) is 22.6 Å². The molecule has 0 saturated heterocycles. The van der Waals surface area contributed by atoms with Gasteiger partial charge in [-0.2, -0.15) is 13.2 Å². The van der Waals surface area contributed by atoms with E-state index in [1.165, 1.54) is 30.3 Å². The van der Waals surface area contributed by atoms with Crippen LogP contribution in [0.15, 0.2) is 36.4 Å². The van der Waals surface area contributed by atoms with Gasteiger partial charge in [-0.3, -0.25) is 4.79 Å². The molecule has 1 aromatic heterocycles. The van der Waals surface area contributed by atoms with Crippen molar-refractivity contribution in [1.29, 1.82) is 0 Å². The number of anilines is 2. The van der Waals surface area contributed by atoms with Crippen LogP contribution < -0.4 is 15.8 Å². The minimum atomic E-state index is -4.60. The Morgan fingerprint density at radius 2 is 1.86 bits per heavy atom. The molecule has 3 rings (SSSR count). The molecule has 36 heavy (non-hydrogen) atoms. The number of aromatic hydroxyl groups is 1. The number of nitrogens with two attached hydrogens (primary N) is 1. The molecule has 11 heteroatoms. The van der Waals surface area contributed by atoms with E-state index in [-0.39, 0.29) is 38.8 Å². The fourth-order valence-corrected chi connectivity index (χ4v) is 4.66. The highest BCUT2D eigenvalue weighted by atomic mass is 35.5. The lowest BCUT2D eigenvalue weighted by atomic mass is 10.1. The van der Waals surface area contributed by atoms with Gasteiger partial charge in [-0.15, -0.1) is 0 Å². The first-order valence-electron chi connectivity index (χ1n) is 11.5. The van der Waals surface area contributed by atoms with E-state index in [2.05, 4.69) is 17.2 Å². The van der Waals surface area contributed by atoms with Crippen molar-refractivity contribution in [3.05, 3.63) is 51.9 Å². The maximum atomic E-state index is 13.7. The number of carbonyl (C=O) groups is 1. The number of hydrogen-bond donors (Lipinski definition) is 3. The van der Waals surface area contributed by atoms with Crippen LogP contribution in [0, 0.1) is 0 Å². The number of aromatic nitrogens is 1. The summed E-state index contributed by atoms with van der Waals surface area (Å²) in [5.74, 6) is -1.32. The van der Waals surface area contributed by atoms with Crippen molar-refractivity contribution in [2.24, 2.45) is 5.73 Å². The Hall–Kier alpha value is -2.98. The summed E-state index contributed by atoms with van der Waals surface area (Å²) in [6, 6.07) is 7.88. The van der Waals surface area contributed by atoms with E-state index in [9.17, 15) is 23.1 Å². The number of phenols is 1. The topological polar surface area (TPSA) is 97.5 Å². The highest BCUT2D eigenvalue weighted by Gasteiger charge is 2.35. The zero-order valence-corrected chi connectivity index (χ0v) is 21.2. The molecule has 0 fully saturated rings. The SMILES string of the molecule is CCCCCCCCOc1ccc(Nc2nc(-c3ccc(O)c(C(N)=O)c3)c(Cl)s2)cc1C(F)(F)F. The molecule has 0 aliphatic rings. The fourth-order valence-electron chi connectivity index (χ4n) is 3.56. The third-order valence-corrected chi connectivity index (χ3v) is 6.58. The van der Waals surface area contributed by atoms with Crippen LogP contribution in [0.1, 0.15) is 61.4 Å². The molecule has 3 aromatic rings. The number of alkyl halides is 3. The predicted molar refractivity (Wildman–Crippen MR) is 136 cm³/mol. The van der Waals surface area contributed by atoms with E-state index in [0.29, 0.717) is 17.7 Å².